The van der Waals surface area contributed by atoms with Crippen LogP contribution in [0.15, 0.2) is 71.5 Å². The summed E-state index contributed by atoms with van der Waals surface area (Å²) in [5.41, 5.74) is 3.31. The van der Waals surface area contributed by atoms with E-state index in [2.05, 4.69) is 25.9 Å². The fourth-order valence-electron chi connectivity index (χ4n) is 5.69. The summed E-state index contributed by atoms with van der Waals surface area (Å²) >= 11 is 0. The first-order valence-electron chi connectivity index (χ1n) is 16.0. The number of hydrogen-bond acceptors (Lipinski definition) is 7. The molecule has 3 heterocycles. The monoisotopic (exact) mass is 641 g/mol. The summed E-state index contributed by atoms with van der Waals surface area (Å²) in [6.45, 7) is 6.34. The first kappa shape index (κ1) is 33.4. The molecule has 3 atom stereocenters. The molecular formula is C35H43N7O5. The minimum Gasteiger partial charge on any atom is -0.448 e. The van der Waals surface area contributed by atoms with Crippen molar-refractivity contribution in [1.82, 2.24) is 35.7 Å². The maximum atomic E-state index is 14.0. The van der Waals surface area contributed by atoms with Crippen molar-refractivity contribution in [3.05, 3.63) is 89.8 Å². The van der Waals surface area contributed by atoms with Gasteiger partial charge in [0.1, 0.15) is 24.4 Å². The first-order chi connectivity index (χ1) is 22.6. The minimum atomic E-state index is -0.951. The Morgan fingerprint density at radius 2 is 1.68 bits per heavy atom. The van der Waals surface area contributed by atoms with Crippen molar-refractivity contribution in [1.29, 1.82) is 0 Å². The first-order valence-corrected chi connectivity index (χ1v) is 16.0. The maximum Gasteiger partial charge on any atom is 0.245 e. The second kappa shape index (κ2) is 15.1. The van der Waals surface area contributed by atoms with E-state index in [4.69, 9.17) is 4.42 Å². The lowest BCUT2D eigenvalue weighted by Gasteiger charge is -2.30. The molecule has 47 heavy (non-hydrogen) atoms. The number of H-pyrrole nitrogens is 1. The molecule has 248 valence electrons. The summed E-state index contributed by atoms with van der Waals surface area (Å²) < 4.78 is 5.62. The van der Waals surface area contributed by atoms with Gasteiger partial charge in [-0.3, -0.25) is 24.1 Å². The number of fused-ring (bicyclic) bond motifs is 1. The minimum absolute atomic E-state index is 0.0543. The molecule has 1 fully saturated rings. The Balaban J connectivity index is 1.44. The van der Waals surface area contributed by atoms with Gasteiger partial charge in [-0.2, -0.15) is 0 Å². The summed E-state index contributed by atoms with van der Waals surface area (Å²) in [5, 5.41) is 9.69. The molecule has 1 saturated heterocycles. The van der Waals surface area contributed by atoms with Gasteiger partial charge in [-0.1, -0.05) is 62.4 Å². The maximum absolute atomic E-state index is 14.0. The van der Waals surface area contributed by atoms with Crippen LogP contribution in [0, 0.1) is 0 Å². The summed E-state index contributed by atoms with van der Waals surface area (Å²) in [5.74, 6) is -0.931. The number of hydrogen-bond donors (Lipinski definition) is 4. The van der Waals surface area contributed by atoms with Crippen LogP contribution in [0.3, 0.4) is 0 Å². The van der Waals surface area contributed by atoms with Gasteiger partial charge in [0.05, 0.1) is 12.2 Å². The number of nitrogens with zero attached hydrogens (tertiary/aromatic N) is 3. The van der Waals surface area contributed by atoms with Crippen molar-refractivity contribution in [2.75, 3.05) is 26.7 Å². The van der Waals surface area contributed by atoms with Crippen molar-refractivity contribution >= 4 is 34.5 Å². The Morgan fingerprint density at radius 1 is 0.936 bits per heavy atom. The van der Waals surface area contributed by atoms with Gasteiger partial charge >= 0.3 is 0 Å². The summed E-state index contributed by atoms with van der Waals surface area (Å²) in [4.78, 5) is 65.6. The topological polar surface area (TPSA) is 153 Å². The molecule has 0 aliphatic carbocycles. The zero-order valence-electron chi connectivity index (χ0n) is 27.3. The molecule has 0 radical (unpaired) electrons. The van der Waals surface area contributed by atoms with E-state index in [-0.39, 0.29) is 43.7 Å². The second-order valence-corrected chi connectivity index (χ2v) is 12.4. The van der Waals surface area contributed by atoms with E-state index in [1.807, 2.05) is 79.5 Å². The van der Waals surface area contributed by atoms with Crippen molar-refractivity contribution in [3.8, 4) is 0 Å². The van der Waals surface area contributed by atoms with Crippen molar-refractivity contribution in [2.45, 2.75) is 64.2 Å². The van der Waals surface area contributed by atoms with Gasteiger partial charge in [0.25, 0.3) is 0 Å². The Kier molecular flexibility index (Phi) is 10.7. The number of para-hydroxylation sites is 1. The van der Waals surface area contributed by atoms with Crippen LogP contribution in [0.5, 0.6) is 0 Å². The summed E-state index contributed by atoms with van der Waals surface area (Å²) in [7, 11) is 1.54. The van der Waals surface area contributed by atoms with Crippen LogP contribution in [-0.4, -0.2) is 88.2 Å². The number of oxazole rings is 1. The average molecular weight is 642 g/mol. The zero-order chi connectivity index (χ0) is 33.5. The van der Waals surface area contributed by atoms with Gasteiger partial charge in [0, 0.05) is 62.5 Å². The van der Waals surface area contributed by atoms with E-state index in [0.29, 0.717) is 24.7 Å². The Hall–Kier alpha value is -4.97. The van der Waals surface area contributed by atoms with Gasteiger partial charge in [0.2, 0.25) is 23.6 Å². The lowest BCUT2D eigenvalue weighted by molar-refractivity contribution is -0.142. The Bertz CT molecular complexity index is 1700. The van der Waals surface area contributed by atoms with E-state index in [1.165, 1.54) is 11.9 Å². The van der Waals surface area contributed by atoms with E-state index in [1.54, 1.807) is 13.2 Å². The summed E-state index contributed by atoms with van der Waals surface area (Å²) in [6, 6.07) is 14.4. The van der Waals surface area contributed by atoms with Crippen LogP contribution in [0.1, 0.15) is 49.4 Å². The lowest BCUT2D eigenvalue weighted by Crippen LogP contribution is -2.57. The molecular weight excluding hydrogens is 598 g/mol. The standard InChI is InChI=1S/C35H43N7O5/c1-22(2)34-38-26(21-47-34)19-42-15-14-36-33(45)29(16-24-10-6-5-7-11-24)40-32(44)23(3)41(4)35(46)30(39-31(43)20-42)17-25-18-37-28-13-9-8-12-27(25)28/h5-13,18,21-23,29-30,37H,14-17,19-20H2,1-4H3,(H,36,45)(H,39,43)(H,40,44)/t23-,29-,30-/m0/s1. The predicted octanol–water partition coefficient (Wildman–Crippen LogP) is 2.51. The highest BCUT2D eigenvalue weighted by Gasteiger charge is 2.33. The van der Waals surface area contributed by atoms with Gasteiger partial charge < -0.3 is 30.3 Å². The smallest absolute Gasteiger partial charge is 0.245 e. The Morgan fingerprint density at radius 3 is 2.43 bits per heavy atom. The van der Waals surface area contributed by atoms with Crippen LogP contribution in [0.2, 0.25) is 0 Å². The van der Waals surface area contributed by atoms with Crippen LogP contribution < -0.4 is 16.0 Å². The number of rotatable bonds is 7. The molecule has 0 bridgehead atoms. The SMILES string of the molecule is CC(C)c1nc(CN2CCNC(=O)[C@H](Cc3ccccc3)NC(=O)[C@H](C)N(C)C(=O)[C@H](Cc3c[nH]c4ccccc34)NC(=O)C2)co1. The number of carbonyl (C=O) groups excluding carboxylic acids is 4. The van der Waals surface area contributed by atoms with E-state index in [0.717, 1.165) is 22.0 Å². The number of aromatic amines is 1. The molecule has 0 spiro atoms. The highest BCUT2D eigenvalue weighted by atomic mass is 16.3. The molecule has 12 nitrogen and oxygen atoms in total. The molecule has 0 saturated carbocycles. The largest absolute Gasteiger partial charge is 0.448 e. The normalized spacial score (nSPS) is 20.9. The van der Waals surface area contributed by atoms with E-state index >= 15 is 0 Å². The van der Waals surface area contributed by atoms with Crippen LogP contribution in [0.4, 0.5) is 0 Å². The number of benzene rings is 2. The lowest BCUT2D eigenvalue weighted by atomic mass is 10.0. The van der Waals surface area contributed by atoms with Crippen molar-refractivity contribution in [3.63, 3.8) is 0 Å². The van der Waals surface area contributed by atoms with Crippen LogP contribution >= 0.6 is 0 Å². The molecule has 4 aromatic rings. The van der Waals surface area contributed by atoms with Crippen LogP contribution in [-0.2, 0) is 38.6 Å². The third kappa shape index (κ3) is 8.44. The number of likely N-dealkylation sites (N-methyl/N-ethyl adjacent to an activating group) is 1. The van der Waals surface area contributed by atoms with E-state index in [9.17, 15) is 19.2 Å². The molecule has 4 N–H and O–H groups in total. The quantitative estimate of drug-likeness (QED) is 0.242. The molecule has 12 heteroatoms. The summed E-state index contributed by atoms with van der Waals surface area (Å²) in [6.07, 6.45) is 3.90. The third-order valence-electron chi connectivity index (χ3n) is 8.50. The molecule has 4 amide bonds. The molecule has 5 rings (SSSR count). The van der Waals surface area contributed by atoms with E-state index < -0.39 is 29.9 Å². The predicted molar refractivity (Wildman–Crippen MR) is 177 cm³/mol. The van der Waals surface area contributed by atoms with Crippen molar-refractivity contribution in [2.24, 2.45) is 0 Å². The third-order valence-corrected chi connectivity index (χ3v) is 8.50. The highest BCUT2D eigenvalue weighted by molar-refractivity contribution is 5.95. The molecule has 2 aromatic heterocycles. The van der Waals surface area contributed by atoms with Gasteiger partial charge in [-0.15, -0.1) is 0 Å². The van der Waals surface area contributed by atoms with Gasteiger partial charge in [-0.05, 0) is 24.1 Å². The fourth-order valence-corrected chi connectivity index (χ4v) is 5.69. The van der Waals surface area contributed by atoms with Gasteiger partial charge in [-0.25, -0.2) is 4.98 Å². The number of amides is 4. The second-order valence-electron chi connectivity index (χ2n) is 12.4. The van der Waals surface area contributed by atoms with Crippen LogP contribution in [0.25, 0.3) is 10.9 Å². The average Bonchev–Trinajstić information content (AvgIpc) is 3.70. The van der Waals surface area contributed by atoms with Crippen molar-refractivity contribution < 1.29 is 23.6 Å². The fraction of sp³-hybridized carbons (Fsp3) is 0.400. The number of aromatic nitrogens is 2. The molecule has 2 aromatic carbocycles. The number of carbonyl (C=O) groups is 4. The molecule has 1 aliphatic heterocycles. The zero-order valence-corrected chi connectivity index (χ0v) is 27.3. The van der Waals surface area contributed by atoms with Gasteiger partial charge in [0.15, 0.2) is 5.89 Å². The molecule has 0 unspecified atom stereocenters. The Labute approximate surface area is 274 Å². The highest BCUT2D eigenvalue weighted by Crippen LogP contribution is 2.20. The molecule has 1 aliphatic rings. The number of nitrogens with one attached hydrogen (secondary N) is 4.